The summed E-state index contributed by atoms with van der Waals surface area (Å²) in [4.78, 5) is 25.8. The number of alkyl halides is 2. The lowest BCUT2D eigenvalue weighted by Gasteiger charge is -2.08. The first-order valence-corrected chi connectivity index (χ1v) is 7.40. The third kappa shape index (κ3) is 5.16. The van der Waals surface area contributed by atoms with Crippen LogP contribution in [0.3, 0.4) is 0 Å². The molecule has 0 atom stereocenters. The first-order chi connectivity index (χ1) is 11.5. The van der Waals surface area contributed by atoms with Gasteiger partial charge in [-0.15, -0.1) is 0 Å². The van der Waals surface area contributed by atoms with Gasteiger partial charge in [-0.3, -0.25) is 4.79 Å². The molecule has 1 amide bonds. The molecule has 0 fully saturated rings. The summed E-state index contributed by atoms with van der Waals surface area (Å²) in [5.41, 5.74) is 0.392. The molecule has 24 heavy (non-hydrogen) atoms. The molecule has 1 heterocycles. The number of pyridine rings is 1. The number of amides is 1. The van der Waals surface area contributed by atoms with Crippen molar-refractivity contribution in [2.45, 2.75) is 10.7 Å². The number of anilines is 1. The Morgan fingerprint density at radius 3 is 2.67 bits per heavy atom. The van der Waals surface area contributed by atoms with E-state index < -0.39 is 29.0 Å². The minimum atomic E-state index is -2.52. The van der Waals surface area contributed by atoms with Crippen molar-refractivity contribution < 1.29 is 23.2 Å². The Kier molecular flexibility index (Phi) is 6.01. The van der Waals surface area contributed by atoms with Gasteiger partial charge in [0.1, 0.15) is 6.20 Å². The number of hydrogen-bond donors (Lipinski definition) is 1. The van der Waals surface area contributed by atoms with Gasteiger partial charge in [0.15, 0.2) is 6.61 Å². The van der Waals surface area contributed by atoms with Crippen molar-refractivity contribution in [3.63, 3.8) is 0 Å². The average Bonchev–Trinajstić information content (AvgIpc) is 2.54. The van der Waals surface area contributed by atoms with Crippen LogP contribution in [0.25, 0.3) is 0 Å². The molecule has 10 heteroatoms. The number of ether oxygens (including phenoxy) is 1. The number of nitro groups is 1. The highest BCUT2D eigenvalue weighted by Crippen LogP contribution is 2.26. The van der Waals surface area contributed by atoms with Crippen LogP contribution in [0.2, 0.25) is 0 Å². The van der Waals surface area contributed by atoms with Gasteiger partial charge in [0.2, 0.25) is 5.75 Å². The number of nitrogens with one attached hydrogen (secondary N) is 1. The Morgan fingerprint density at radius 2 is 2.04 bits per heavy atom. The summed E-state index contributed by atoms with van der Waals surface area (Å²) in [6.45, 7) is -0.458. The van der Waals surface area contributed by atoms with Crippen molar-refractivity contribution in [2.75, 3.05) is 11.9 Å². The lowest BCUT2D eigenvalue weighted by atomic mass is 10.3. The van der Waals surface area contributed by atoms with Crippen molar-refractivity contribution in [3.8, 4) is 5.75 Å². The normalized spacial score (nSPS) is 10.5. The van der Waals surface area contributed by atoms with Crippen LogP contribution in [0.5, 0.6) is 5.75 Å². The van der Waals surface area contributed by atoms with Crippen LogP contribution in [0.4, 0.5) is 20.3 Å². The monoisotopic (exact) mass is 355 g/mol. The van der Waals surface area contributed by atoms with E-state index in [0.29, 0.717) is 22.3 Å². The summed E-state index contributed by atoms with van der Waals surface area (Å²) in [7, 11) is 0. The Balaban J connectivity index is 1.91. The highest BCUT2D eigenvalue weighted by atomic mass is 32.2. The maximum atomic E-state index is 12.2. The van der Waals surface area contributed by atoms with Crippen molar-refractivity contribution in [1.82, 2.24) is 4.98 Å². The van der Waals surface area contributed by atoms with Gasteiger partial charge in [0, 0.05) is 10.6 Å². The molecule has 0 bridgehead atoms. The Labute approximate surface area is 139 Å². The van der Waals surface area contributed by atoms with Crippen molar-refractivity contribution >= 4 is 29.2 Å². The molecule has 0 spiro atoms. The Hall–Kier alpha value is -2.75. The number of carbonyl (C=O) groups is 1. The molecule has 0 unspecified atom stereocenters. The average molecular weight is 355 g/mol. The SMILES string of the molecule is O=C(COc1cccnc1[N+](=O)[O-])Nc1ccc(SC(F)F)cc1. The summed E-state index contributed by atoms with van der Waals surface area (Å²) in [5.74, 6) is -3.68. The Morgan fingerprint density at radius 1 is 1.33 bits per heavy atom. The second-order valence-corrected chi connectivity index (χ2v) is 5.39. The minimum absolute atomic E-state index is 0.124. The number of thioether (sulfide) groups is 1. The summed E-state index contributed by atoms with van der Waals surface area (Å²) in [6.07, 6.45) is 1.24. The van der Waals surface area contributed by atoms with Crippen molar-refractivity contribution in [3.05, 3.63) is 52.7 Å². The van der Waals surface area contributed by atoms with Crippen molar-refractivity contribution in [2.24, 2.45) is 0 Å². The second-order valence-electron chi connectivity index (χ2n) is 4.32. The lowest BCUT2D eigenvalue weighted by molar-refractivity contribution is -0.390. The predicted octanol–water partition coefficient (Wildman–Crippen LogP) is 3.32. The molecule has 126 valence electrons. The van der Waals surface area contributed by atoms with Gasteiger partial charge in [0.25, 0.3) is 11.7 Å². The number of rotatable bonds is 7. The molecular formula is C14H11F2N3O4S. The van der Waals surface area contributed by atoms with Gasteiger partial charge in [0.05, 0.1) is 0 Å². The molecule has 0 radical (unpaired) electrons. The van der Waals surface area contributed by atoms with Crippen LogP contribution in [-0.2, 0) is 4.79 Å². The maximum absolute atomic E-state index is 12.2. The first-order valence-electron chi connectivity index (χ1n) is 6.52. The number of nitrogens with zero attached hydrogens (tertiary/aromatic N) is 2. The molecule has 1 N–H and O–H groups in total. The summed E-state index contributed by atoms with van der Waals surface area (Å²) in [6, 6.07) is 8.59. The zero-order valence-electron chi connectivity index (χ0n) is 12.0. The lowest BCUT2D eigenvalue weighted by Crippen LogP contribution is -2.20. The molecule has 0 saturated carbocycles. The van der Waals surface area contributed by atoms with Crippen LogP contribution in [0.1, 0.15) is 0 Å². The van der Waals surface area contributed by atoms with Gasteiger partial charge in [-0.1, -0.05) is 11.8 Å². The predicted molar refractivity (Wildman–Crippen MR) is 83.3 cm³/mol. The summed E-state index contributed by atoms with van der Waals surface area (Å²) in [5, 5.41) is 13.3. The molecule has 2 rings (SSSR count). The van der Waals surface area contributed by atoms with E-state index in [1.165, 1.54) is 42.6 Å². The van der Waals surface area contributed by atoms with Gasteiger partial charge in [-0.05, 0) is 46.3 Å². The fraction of sp³-hybridized carbons (Fsp3) is 0.143. The molecule has 2 aromatic rings. The maximum Gasteiger partial charge on any atom is 0.406 e. The largest absolute Gasteiger partial charge is 0.476 e. The van der Waals surface area contributed by atoms with E-state index in [9.17, 15) is 23.7 Å². The molecule has 0 aliphatic heterocycles. The second kappa shape index (κ2) is 8.20. The fourth-order valence-electron chi connectivity index (χ4n) is 1.69. The van der Waals surface area contributed by atoms with Crippen LogP contribution >= 0.6 is 11.8 Å². The molecular weight excluding hydrogens is 344 g/mol. The number of aromatic nitrogens is 1. The van der Waals surface area contributed by atoms with E-state index in [1.807, 2.05) is 0 Å². The minimum Gasteiger partial charge on any atom is -0.476 e. The number of hydrogen-bond acceptors (Lipinski definition) is 6. The molecule has 1 aromatic carbocycles. The standard InChI is InChI=1S/C14H11F2N3O4S/c15-14(16)24-10-5-3-9(4-6-10)18-12(20)8-23-11-2-1-7-17-13(11)19(21)22/h1-7,14H,8H2,(H,18,20). The fourth-order valence-corrected chi connectivity index (χ4v) is 2.19. The molecule has 0 aliphatic rings. The molecule has 0 saturated heterocycles. The zero-order valence-corrected chi connectivity index (χ0v) is 12.8. The molecule has 7 nitrogen and oxygen atoms in total. The van der Waals surface area contributed by atoms with E-state index >= 15 is 0 Å². The molecule has 1 aromatic heterocycles. The number of halogens is 2. The third-order valence-electron chi connectivity index (χ3n) is 2.65. The zero-order chi connectivity index (χ0) is 17.5. The van der Waals surface area contributed by atoms with Crippen LogP contribution in [-0.4, -0.2) is 28.2 Å². The quantitative estimate of drug-likeness (QED) is 0.465. The summed E-state index contributed by atoms with van der Waals surface area (Å²) < 4.78 is 29.5. The van der Waals surface area contributed by atoms with Crippen molar-refractivity contribution in [1.29, 1.82) is 0 Å². The van der Waals surface area contributed by atoms with E-state index in [-0.39, 0.29) is 5.75 Å². The molecule has 0 aliphatic carbocycles. The first kappa shape index (κ1) is 17.6. The van der Waals surface area contributed by atoms with Gasteiger partial charge in [-0.2, -0.15) is 8.78 Å². The van der Waals surface area contributed by atoms with Gasteiger partial charge < -0.3 is 20.2 Å². The van der Waals surface area contributed by atoms with Crippen LogP contribution in [0, 0.1) is 10.1 Å². The number of benzene rings is 1. The van der Waals surface area contributed by atoms with Gasteiger partial charge in [-0.25, -0.2) is 0 Å². The van der Waals surface area contributed by atoms with E-state index in [1.54, 1.807) is 0 Å². The van der Waals surface area contributed by atoms with E-state index in [4.69, 9.17) is 4.74 Å². The topological polar surface area (TPSA) is 94.4 Å². The highest BCUT2D eigenvalue weighted by Gasteiger charge is 2.16. The van der Waals surface area contributed by atoms with E-state index in [0.717, 1.165) is 0 Å². The smallest absolute Gasteiger partial charge is 0.406 e. The summed E-state index contributed by atoms with van der Waals surface area (Å²) >= 11 is 0.396. The van der Waals surface area contributed by atoms with Gasteiger partial charge >= 0.3 is 5.82 Å². The number of carbonyl (C=O) groups excluding carboxylic acids is 1. The van der Waals surface area contributed by atoms with E-state index in [2.05, 4.69) is 10.3 Å². The Bertz CT molecular complexity index is 728. The third-order valence-corrected chi connectivity index (χ3v) is 3.37. The highest BCUT2D eigenvalue weighted by molar-refractivity contribution is 7.99. The van der Waals surface area contributed by atoms with Crippen LogP contribution in [0.15, 0.2) is 47.5 Å². The van der Waals surface area contributed by atoms with Crippen LogP contribution < -0.4 is 10.1 Å².